The Balaban J connectivity index is 1.64. The van der Waals surface area contributed by atoms with E-state index < -0.39 is 15.4 Å². The minimum absolute atomic E-state index is 0.193. The van der Waals surface area contributed by atoms with Crippen molar-refractivity contribution >= 4 is 15.9 Å². The minimum Gasteiger partial charge on any atom is -0.497 e. The molecule has 3 aromatic carbocycles. The van der Waals surface area contributed by atoms with E-state index in [1.807, 2.05) is 36.4 Å². The lowest BCUT2D eigenvalue weighted by atomic mass is 9.74. The van der Waals surface area contributed by atoms with Gasteiger partial charge in [0, 0.05) is 31.1 Å². The van der Waals surface area contributed by atoms with Crippen molar-refractivity contribution in [1.29, 1.82) is 0 Å². The second kappa shape index (κ2) is 10.5. The number of ether oxygens (including phenoxy) is 2. The van der Waals surface area contributed by atoms with E-state index in [1.54, 1.807) is 36.4 Å². The molecular weight excluding hydrogens is 464 g/mol. The molecule has 3 aromatic rings. The maximum absolute atomic E-state index is 13.6. The number of methoxy groups -OCH3 is 2. The molecule has 7 nitrogen and oxygen atoms in total. The average Bonchev–Trinajstić information content (AvgIpc) is 2.92. The molecule has 1 atom stereocenters. The van der Waals surface area contributed by atoms with E-state index in [2.05, 4.69) is 5.32 Å². The summed E-state index contributed by atoms with van der Waals surface area (Å²) in [4.78, 5) is 13.3. The zero-order valence-electron chi connectivity index (χ0n) is 19.9. The highest BCUT2D eigenvalue weighted by molar-refractivity contribution is 7.89. The van der Waals surface area contributed by atoms with E-state index in [1.165, 1.54) is 24.6 Å². The fraction of sp³-hybridized carbons (Fsp3) is 0.296. The van der Waals surface area contributed by atoms with E-state index in [-0.39, 0.29) is 23.9 Å². The van der Waals surface area contributed by atoms with Crippen LogP contribution in [0.4, 0.5) is 0 Å². The van der Waals surface area contributed by atoms with Crippen molar-refractivity contribution in [2.45, 2.75) is 23.2 Å². The zero-order valence-corrected chi connectivity index (χ0v) is 20.8. The quantitative estimate of drug-likeness (QED) is 0.514. The smallest absolute Gasteiger partial charge is 0.255 e. The molecule has 1 unspecified atom stereocenters. The summed E-state index contributed by atoms with van der Waals surface area (Å²) in [5.41, 5.74) is 0.851. The van der Waals surface area contributed by atoms with Gasteiger partial charge in [0.2, 0.25) is 10.0 Å². The molecule has 1 N–H and O–H groups in total. The van der Waals surface area contributed by atoms with Crippen LogP contribution in [-0.2, 0) is 15.4 Å². The molecule has 0 spiro atoms. The van der Waals surface area contributed by atoms with Crippen LogP contribution in [-0.4, -0.2) is 52.5 Å². The number of hydrogen-bond donors (Lipinski definition) is 1. The highest BCUT2D eigenvalue weighted by atomic mass is 32.2. The fourth-order valence-corrected chi connectivity index (χ4v) is 6.26. The molecule has 4 rings (SSSR count). The second-order valence-corrected chi connectivity index (χ2v) is 10.6. The molecule has 35 heavy (non-hydrogen) atoms. The number of nitrogens with one attached hydrogen (secondary N) is 1. The Morgan fingerprint density at radius 3 is 2.46 bits per heavy atom. The maximum Gasteiger partial charge on any atom is 0.255 e. The molecule has 0 saturated carbocycles. The van der Waals surface area contributed by atoms with Crippen molar-refractivity contribution in [3.8, 4) is 11.5 Å². The number of nitrogens with zero attached hydrogens (tertiary/aromatic N) is 1. The van der Waals surface area contributed by atoms with Gasteiger partial charge in [0.15, 0.2) is 0 Å². The Labute approximate surface area is 206 Å². The Morgan fingerprint density at radius 2 is 1.71 bits per heavy atom. The number of hydrogen-bond acceptors (Lipinski definition) is 5. The van der Waals surface area contributed by atoms with Crippen molar-refractivity contribution in [2.75, 3.05) is 33.9 Å². The van der Waals surface area contributed by atoms with E-state index in [0.29, 0.717) is 30.0 Å². The first-order valence-corrected chi connectivity index (χ1v) is 12.9. The normalized spacial score (nSPS) is 18.6. The molecule has 0 aliphatic carbocycles. The number of sulfonamides is 1. The first-order valence-electron chi connectivity index (χ1n) is 11.5. The SMILES string of the molecule is COc1cccc(S(=O)(=O)N2CCCC(CNC(=O)c3ccccc3OC)(c3ccccc3)C2)c1. The van der Waals surface area contributed by atoms with Gasteiger partial charge in [-0.2, -0.15) is 4.31 Å². The van der Waals surface area contributed by atoms with Crippen LogP contribution in [0.1, 0.15) is 28.8 Å². The average molecular weight is 495 g/mol. The monoisotopic (exact) mass is 494 g/mol. The summed E-state index contributed by atoms with van der Waals surface area (Å²) >= 11 is 0. The zero-order chi connectivity index (χ0) is 24.9. The first-order chi connectivity index (χ1) is 16.9. The maximum atomic E-state index is 13.6. The van der Waals surface area contributed by atoms with Crippen molar-refractivity contribution < 1.29 is 22.7 Å². The van der Waals surface area contributed by atoms with Gasteiger partial charge in [-0.25, -0.2) is 8.42 Å². The topological polar surface area (TPSA) is 84.9 Å². The summed E-state index contributed by atoms with van der Waals surface area (Å²) in [7, 11) is -0.715. The molecule has 184 valence electrons. The fourth-order valence-electron chi connectivity index (χ4n) is 4.66. The number of carbonyl (C=O) groups excluding carboxylic acids is 1. The summed E-state index contributed by atoms with van der Waals surface area (Å²) in [6.07, 6.45) is 1.41. The lowest BCUT2D eigenvalue weighted by Gasteiger charge is -2.43. The third-order valence-corrected chi connectivity index (χ3v) is 8.39. The van der Waals surface area contributed by atoms with Crippen LogP contribution in [0, 0.1) is 0 Å². The largest absolute Gasteiger partial charge is 0.497 e. The molecule has 0 radical (unpaired) electrons. The molecule has 0 bridgehead atoms. The lowest BCUT2D eigenvalue weighted by molar-refractivity contribution is 0.0929. The van der Waals surface area contributed by atoms with Gasteiger partial charge in [-0.15, -0.1) is 0 Å². The predicted octanol–water partition coefficient (Wildman–Crippen LogP) is 3.86. The van der Waals surface area contributed by atoms with E-state index in [4.69, 9.17) is 9.47 Å². The van der Waals surface area contributed by atoms with Crippen LogP contribution in [0.3, 0.4) is 0 Å². The summed E-state index contributed by atoms with van der Waals surface area (Å²) in [5.74, 6) is 0.719. The number of para-hydroxylation sites is 1. The summed E-state index contributed by atoms with van der Waals surface area (Å²) in [5, 5.41) is 3.05. The summed E-state index contributed by atoms with van der Waals surface area (Å²) in [6.45, 7) is 0.954. The van der Waals surface area contributed by atoms with Crippen LogP contribution in [0.15, 0.2) is 83.8 Å². The Morgan fingerprint density at radius 1 is 0.971 bits per heavy atom. The van der Waals surface area contributed by atoms with Crippen LogP contribution < -0.4 is 14.8 Å². The molecule has 1 saturated heterocycles. The van der Waals surface area contributed by atoms with Gasteiger partial charge in [-0.05, 0) is 42.7 Å². The van der Waals surface area contributed by atoms with Gasteiger partial charge in [-0.1, -0.05) is 48.5 Å². The van der Waals surface area contributed by atoms with Gasteiger partial charge >= 0.3 is 0 Å². The number of carbonyl (C=O) groups is 1. The summed E-state index contributed by atoms with van der Waals surface area (Å²) < 4.78 is 39.3. The Hall–Kier alpha value is -3.36. The van der Waals surface area contributed by atoms with Gasteiger partial charge in [0.25, 0.3) is 5.91 Å². The third-order valence-electron chi connectivity index (χ3n) is 6.55. The lowest BCUT2D eigenvalue weighted by Crippen LogP contribution is -2.53. The standard InChI is InChI=1S/C27H30N2O5S/c1-33-22-12-8-13-23(18-22)35(31,32)29-17-9-16-27(20-29,21-10-4-3-5-11-21)19-28-26(30)24-14-6-7-15-25(24)34-2/h3-8,10-15,18H,9,16-17,19-20H2,1-2H3,(H,28,30). The van der Waals surface area contributed by atoms with Gasteiger partial charge < -0.3 is 14.8 Å². The first kappa shape index (κ1) is 24.8. The van der Waals surface area contributed by atoms with Crippen LogP contribution in [0.2, 0.25) is 0 Å². The molecular formula is C27H30N2O5S. The van der Waals surface area contributed by atoms with Crippen LogP contribution >= 0.6 is 0 Å². The van der Waals surface area contributed by atoms with E-state index >= 15 is 0 Å². The minimum atomic E-state index is -3.75. The summed E-state index contributed by atoms with van der Waals surface area (Å²) in [6, 6.07) is 23.4. The second-order valence-electron chi connectivity index (χ2n) is 8.65. The van der Waals surface area contributed by atoms with Gasteiger partial charge in [-0.3, -0.25) is 4.79 Å². The molecule has 1 amide bonds. The molecule has 1 heterocycles. The number of benzene rings is 3. The van der Waals surface area contributed by atoms with E-state index in [9.17, 15) is 13.2 Å². The van der Waals surface area contributed by atoms with Gasteiger partial charge in [0.1, 0.15) is 11.5 Å². The van der Waals surface area contributed by atoms with Crippen molar-refractivity contribution in [3.63, 3.8) is 0 Å². The highest BCUT2D eigenvalue weighted by Crippen LogP contribution is 2.36. The van der Waals surface area contributed by atoms with Gasteiger partial charge in [0.05, 0.1) is 24.7 Å². The Bertz CT molecular complexity index is 1280. The molecule has 1 aliphatic rings. The van der Waals surface area contributed by atoms with Crippen molar-refractivity contribution in [1.82, 2.24) is 9.62 Å². The Kier molecular flexibility index (Phi) is 7.42. The number of rotatable bonds is 8. The van der Waals surface area contributed by atoms with E-state index in [0.717, 1.165) is 12.0 Å². The number of amides is 1. The molecule has 1 fully saturated rings. The molecule has 1 aliphatic heterocycles. The predicted molar refractivity (Wildman–Crippen MR) is 134 cm³/mol. The highest BCUT2D eigenvalue weighted by Gasteiger charge is 2.41. The molecule has 0 aromatic heterocycles. The number of piperidine rings is 1. The molecule has 8 heteroatoms. The van der Waals surface area contributed by atoms with Crippen LogP contribution in [0.25, 0.3) is 0 Å². The third kappa shape index (κ3) is 5.18. The van der Waals surface area contributed by atoms with Crippen molar-refractivity contribution in [2.24, 2.45) is 0 Å². The van der Waals surface area contributed by atoms with Crippen molar-refractivity contribution in [3.05, 3.63) is 90.0 Å². The van der Waals surface area contributed by atoms with Crippen LogP contribution in [0.5, 0.6) is 11.5 Å².